The van der Waals surface area contributed by atoms with E-state index in [-0.39, 0.29) is 13.0 Å². The maximum absolute atomic E-state index is 11.8. The third-order valence-electron chi connectivity index (χ3n) is 3.76. The highest BCUT2D eigenvalue weighted by Crippen LogP contribution is 2.27. The fraction of sp³-hybridized carbons (Fsp3) is 0.375. The van der Waals surface area contributed by atoms with Gasteiger partial charge >= 0.3 is 5.69 Å². The first-order valence-electron chi connectivity index (χ1n) is 7.40. The topological polar surface area (TPSA) is 93.6 Å². The molecule has 7 heteroatoms. The highest BCUT2D eigenvalue weighted by atomic mass is 16.6. The van der Waals surface area contributed by atoms with Gasteiger partial charge in [0, 0.05) is 18.7 Å². The maximum atomic E-state index is 11.8. The van der Waals surface area contributed by atoms with Crippen LogP contribution < -0.4 is 11.2 Å². The molecule has 1 aromatic heterocycles. The van der Waals surface area contributed by atoms with Crippen molar-refractivity contribution in [3.05, 3.63) is 69.0 Å². The number of ether oxygens (including phenoxy) is 2. The first-order chi connectivity index (χ1) is 11.1. The Labute approximate surface area is 132 Å². The lowest BCUT2D eigenvalue weighted by Gasteiger charge is -2.16. The Morgan fingerprint density at radius 3 is 2.78 bits per heavy atom. The van der Waals surface area contributed by atoms with Crippen molar-refractivity contribution in [3.63, 3.8) is 0 Å². The van der Waals surface area contributed by atoms with Crippen LogP contribution in [0.3, 0.4) is 0 Å². The Morgan fingerprint density at radius 2 is 2.04 bits per heavy atom. The van der Waals surface area contributed by atoms with Gasteiger partial charge in [-0.1, -0.05) is 30.3 Å². The summed E-state index contributed by atoms with van der Waals surface area (Å²) in [4.78, 5) is 25.0. The number of aromatic nitrogens is 2. The Hall–Kier alpha value is -2.22. The van der Waals surface area contributed by atoms with E-state index < -0.39 is 29.7 Å². The monoisotopic (exact) mass is 318 g/mol. The molecule has 1 saturated heterocycles. The molecule has 0 amide bonds. The van der Waals surface area contributed by atoms with E-state index in [0.717, 1.165) is 5.56 Å². The van der Waals surface area contributed by atoms with E-state index in [1.807, 2.05) is 30.3 Å². The van der Waals surface area contributed by atoms with Gasteiger partial charge in [-0.15, -0.1) is 0 Å². The van der Waals surface area contributed by atoms with E-state index in [4.69, 9.17) is 9.47 Å². The number of nitrogens with zero attached hydrogens (tertiary/aromatic N) is 1. The van der Waals surface area contributed by atoms with Gasteiger partial charge in [-0.3, -0.25) is 14.3 Å². The molecule has 0 aliphatic carbocycles. The molecule has 0 radical (unpaired) electrons. The summed E-state index contributed by atoms with van der Waals surface area (Å²) in [5, 5.41) is 10.1. The van der Waals surface area contributed by atoms with Crippen LogP contribution in [-0.4, -0.2) is 33.5 Å². The molecule has 0 bridgehead atoms. The zero-order valence-corrected chi connectivity index (χ0v) is 12.4. The first-order valence-corrected chi connectivity index (χ1v) is 7.40. The Balaban J connectivity index is 1.58. The van der Waals surface area contributed by atoms with Crippen molar-refractivity contribution in [2.45, 2.75) is 31.5 Å². The third-order valence-corrected chi connectivity index (χ3v) is 3.76. The standard InChI is InChI=1S/C16H18N2O5/c19-12-8-15(18-7-6-14(20)17-16(18)21)23-13(12)10-22-9-11-4-2-1-3-5-11/h1-7,12-13,15,19H,8-10H2,(H,17,20,21)/t12-,13+,15+/m0/s1. The summed E-state index contributed by atoms with van der Waals surface area (Å²) in [5.74, 6) is 0. The fourth-order valence-corrected chi connectivity index (χ4v) is 2.56. The summed E-state index contributed by atoms with van der Waals surface area (Å²) < 4.78 is 12.5. The normalized spacial score (nSPS) is 24.0. The van der Waals surface area contributed by atoms with Gasteiger partial charge in [0.25, 0.3) is 5.56 Å². The first kappa shape index (κ1) is 15.7. The van der Waals surface area contributed by atoms with Gasteiger partial charge in [0.1, 0.15) is 12.3 Å². The van der Waals surface area contributed by atoms with Gasteiger partial charge < -0.3 is 14.6 Å². The summed E-state index contributed by atoms with van der Waals surface area (Å²) in [5.41, 5.74) is 0.0153. The molecular weight excluding hydrogens is 300 g/mol. The molecule has 0 unspecified atom stereocenters. The molecule has 122 valence electrons. The number of aromatic amines is 1. The largest absolute Gasteiger partial charge is 0.390 e. The van der Waals surface area contributed by atoms with Crippen LogP contribution in [0.25, 0.3) is 0 Å². The highest BCUT2D eigenvalue weighted by molar-refractivity contribution is 5.13. The van der Waals surface area contributed by atoms with Crippen molar-refractivity contribution in [3.8, 4) is 0 Å². The molecule has 1 aromatic carbocycles. The molecule has 2 N–H and O–H groups in total. The zero-order valence-electron chi connectivity index (χ0n) is 12.4. The predicted molar refractivity (Wildman–Crippen MR) is 82.0 cm³/mol. The average molecular weight is 318 g/mol. The quantitative estimate of drug-likeness (QED) is 0.832. The second-order valence-corrected chi connectivity index (χ2v) is 5.45. The minimum absolute atomic E-state index is 0.227. The van der Waals surface area contributed by atoms with Gasteiger partial charge in [0.15, 0.2) is 0 Å². The molecule has 0 saturated carbocycles. The second kappa shape index (κ2) is 6.91. The zero-order chi connectivity index (χ0) is 16.2. The summed E-state index contributed by atoms with van der Waals surface area (Å²) in [6.45, 7) is 0.654. The van der Waals surface area contributed by atoms with Gasteiger partial charge in [-0.25, -0.2) is 4.79 Å². The van der Waals surface area contributed by atoms with Gasteiger partial charge in [0.05, 0.1) is 19.3 Å². The van der Waals surface area contributed by atoms with Crippen LogP contribution in [0.2, 0.25) is 0 Å². The van der Waals surface area contributed by atoms with Gasteiger partial charge in [-0.2, -0.15) is 0 Å². The SMILES string of the molecule is O=c1ccn([C@H]2C[C@H](O)[C@@H](COCc3ccccc3)O2)c(=O)[nH]1. The molecule has 1 aliphatic heterocycles. The van der Waals surface area contributed by atoms with Crippen LogP contribution in [0.15, 0.2) is 52.2 Å². The maximum Gasteiger partial charge on any atom is 0.330 e. The third kappa shape index (κ3) is 3.76. The number of aliphatic hydroxyl groups is 1. The Bertz CT molecular complexity index is 755. The van der Waals surface area contributed by atoms with Crippen LogP contribution in [-0.2, 0) is 16.1 Å². The van der Waals surface area contributed by atoms with Crippen molar-refractivity contribution < 1.29 is 14.6 Å². The minimum Gasteiger partial charge on any atom is -0.390 e. The van der Waals surface area contributed by atoms with Crippen molar-refractivity contribution in [1.82, 2.24) is 9.55 Å². The average Bonchev–Trinajstić information content (AvgIpc) is 2.89. The van der Waals surface area contributed by atoms with Gasteiger partial charge in [-0.05, 0) is 5.56 Å². The predicted octanol–water partition coefficient (Wildman–Crippen LogP) is 0.402. The Kier molecular flexibility index (Phi) is 4.71. The molecule has 1 aliphatic rings. The molecule has 2 heterocycles. The van der Waals surface area contributed by atoms with E-state index in [9.17, 15) is 14.7 Å². The summed E-state index contributed by atoms with van der Waals surface area (Å²) >= 11 is 0. The van der Waals surface area contributed by atoms with Gasteiger partial charge in [0.2, 0.25) is 0 Å². The number of H-pyrrole nitrogens is 1. The molecule has 23 heavy (non-hydrogen) atoms. The van der Waals surface area contributed by atoms with Crippen LogP contribution in [0.5, 0.6) is 0 Å². The van der Waals surface area contributed by atoms with E-state index in [0.29, 0.717) is 6.61 Å². The second-order valence-electron chi connectivity index (χ2n) is 5.45. The van der Waals surface area contributed by atoms with Crippen molar-refractivity contribution >= 4 is 0 Å². The number of rotatable bonds is 5. The van der Waals surface area contributed by atoms with Crippen molar-refractivity contribution in [2.75, 3.05) is 6.61 Å². The van der Waals surface area contributed by atoms with Crippen LogP contribution in [0.1, 0.15) is 18.2 Å². The lowest BCUT2D eigenvalue weighted by atomic mass is 10.2. The fourth-order valence-electron chi connectivity index (χ4n) is 2.56. The number of nitrogens with one attached hydrogen (secondary N) is 1. The smallest absolute Gasteiger partial charge is 0.330 e. The molecular formula is C16H18N2O5. The van der Waals surface area contributed by atoms with E-state index in [1.54, 1.807) is 0 Å². The number of aliphatic hydroxyl groups excluding tert-OH is 1. The molecule has 1 fully saturated rings. The lowest BCUT2D eigenvalue weighted by molar-refractivity contribution is -0.0667. The number of hydrogen-bond donors (Lipinski definition) is 2. The molecule has 7 nitrogen and oxygen atoms in total. The molecule has 3 rings (SSSR count). The Morgan fingerprint density at radius 1 is 1.26 bits per heavy atom. The number of benzene rings is 1. The highest BCUT2D eigenvalue weighted by Gasteiger charge is 2.35. The van der Waals surface area contributed by atoms with Crippen molar-refractivity contribution in [1.29, 1.82) is 0 Å². The van der Waals surface area contributed by atoms with Crippen LogP contribution in [0, 0.1) is 0 Å². The molecule has 0 spiro atoms. The minimum atomic E-state index is -0.727. The molecule has 3 atom stereocenters. The number of hydrogen-bond acceptors (Lipinski definition) is 5. The lowest BCUT2D eigenvalue weighted by Crippen LogP contribution is -2.31. The van der Waals surface area contributed by atoms with Crippen molar-refractivity contribution in [2.24, 2.45) is 0 Å². The summed E-state index contributed by atoms with van der Waals surface area (Å²) in [7, 11) is 0. The molecule has 2 aromatic rings. The summed E-state index contributed by atoms with van der Waals surface area (Å²) in [6, 6.07) is 10.9. The van der Waals surface area contributed by atoms with E-state index in [2.05, 4.69) is 4.98 Å². The van der Waals surface area contributed by atoms with E-state index in [1.165, 1.54) is 16.8 Å². The summed E-state index contributed by atoms with van der Waals surface area (Å²) in [6.07, 6.45) is -0.214. The van der Waals surface area contributed by atoms with Crippen LogP contribution in [0.4, 0.5) is 0 Å². The van der Waals surface area contributed by atoms with E-state index >= 15 is 0 Å². The van der Waals surface area contributed by atoms with Crippen LogP contribution >= 0.6 is 0 Å².